The molecule has 2 aromatic rings. The summed E-state index contributed by atoms with van der Waals surface area (Å²) >= 11 is 0. The fourth-order valence-corrected chi connectivity index (χ4v) is 2.77. The smallest absolute Gasteiger partial charge is 0.0703 e. The van der Waals surface area contributed by atoms with Gasteiger partial charge in [-0.05, 0) is 43.7 Å². The van der Waals surface area contributed by atoms with Gasteiger partial charge in [-0.15, -0.1) is 0 Å². The highest BCUT2D eigenvalue weighted by atomic mass is 15.2. The lowest BCUT2D eigenvalue weighted by molar-refractivity contribution is 0.528. The van der Waals surface area contributed by atoms with Gasteiger partial charge in [0.1, 0.15) is 0 Å². The predicted molar refractivity (Wildman–Crippen MR) is 80.7 cm³/mol. The van der Waals surface area contributed by atoms with Gasteiger partial charge in [-0.3, -0.25) is 4.98 Å². The van der Waals surface area contributed by atoms with Crippen LogP contribution in [0.4, 0.5) is 5.69 Å². The van der Waals surface area contributed by atoms with Crippen LogP contribution in [0, 0.1) is 0 Å². The van der Waals surface area contributed by atoms with Gasteiger partial charge in [0, 0.05) is 36.4 Å². The third kappa shape index (κ3) is 2.71. The van der Waals surface area contributed by atoms with E-state index in [0.29, 0.717) is 6.04 Å². The number of rotatable bonds is 2. The lowest BCUT2D eigenvalue weighted by Crippen LogP contribution is -2.37. The molecule has 3 rings (SSSR count). The largest absolute Gasteiger partial charge is 0.370 e. The SMILES string of the molecule is CCC1CN(c2ccc3ncccc3c2)CCCN1. The summed E-state index contributed by atoms with van der Waals surface area (Å²) in [7, 11) is 0. The summed E-state index contributed by atoms with van der Waals surface area (Å²) in [6, 6.07) is 11.3. The summed E-state index contributed by atoms with van der Waals surface area (Å²) in [5.74, 6) is 0. The monoisotopic (exact) mass is 255 g/mol. The molecule has 1 fully saturated rings. The summed E-state index contributed by atoms with van der Waals surface area (Å²) in [4.78, 5) is 6.89. The third-order valence-electron chi connectivity index (χ3n) is 3.92. The number of aromatic nitrogens is 1. The lowest BCUT2D eigenvalue weighted by Gasteiger charge is -2.26. The standard InChI is InChI=1S/C16H21N3/c1-2-14-12-19(10-4-9-17-14)15-6-7-16-13(11-15)5-3-8-18-16/h3,5-8,11,14,17H,2,4,9-10,12H2,1H3. The molecule has 1 saturated heterocycles. The van der Waals surface area contributed by atoms with Gasteiger partial charge in [0.15, 0.2) is 0 Å². The van der Waals surface area contributed by atoms with E-state index in [1.807, 2.05) is 12.3 Å². The van der Waals surface area contributed by atoms with Gasteiger partial charge >= 0.3 is 0 Å². The fourth-order valence-electron chi connectivity index (χ4n) is 2.77. The highest BCUT2D eigenvalue weighted by Gasteiger charge is 2.16. The van der Waals surface area contributed by atoms with Crippen LogP contribution in [0.3, 0.4) is 0 Å². The van der Waals surface area contributed by atoms with Crippen molar-refractivity contribution in [2.24, 2.45) is 0 Å². The highest BCUT2D eigenvalue weighted by molar-refractivity contribution is 5.82. The van der Waals surface area contributed by atoms with Crippen LogP contribution in [0.1, 0.15) is 19.8 Å². The van der Waals surface area contributed by atoms with Gasteiger partial charge in [-0.1, -0.05) is 13.0 Å². The van der Waals surface area contributed by atoms with Gasteiger partial charge in [-0.2, -0.15) is 0 Å². The van der Waals surface area contributed by atoms with E-state index in [-0.39, 0.29) is 0 Å². The van der Waals surface area contributed by atoms with Gasteiger partial charge in [0.25, 0.3) is 0 Å². The maximum Gasteiger partial charge on any atom is 0.0703 e. The van der Waals surface area contributed by atoms with Crippen molar-refractivity contribution in [1.29, 1.82) is 0 Å². The Morgan fingerprint density at radius 2 is 2.32 bits per heavy atom. The van der Waals surface area contributed by atoms with Crippen molar-refractivity contribution in [3.8, 4) is 0 Å². The van der Waals surface area contributed by atoms with Crippen LogP contribution in [0.2, 0.25) is 0 Å². The number of pyridine rings is 1. The Balaban J connectivity index is 1.89. The van der Waals surface area contributed by atoms with Crippen molar-refractivity contribution in [1.82, 2.24) is 10.3 Å². The van der Waals surface area contributed by atoms with Crippen LogP contribution in [0.15, 0.2) is 36.5 Å². The minimum Gasteiger partial charge on any atom is -0.370 e. The summed E-state index contributed by atoms with van der Waals surface area (Å²) in [5.41, 5.74) is 2.40. The van der Waals surface area contributed by atoms with Crippen LogP contribution < -0.4 is 10.2 Å². The van der Waals surface area contributed by atoms with Crippen LogP contribution in [-0.2, 0) is 0 Å². The Kier molecular flexibility index (Phi) is 3.65. The molecule has 100 valence electrons. The Bertz CT molecular complexity index is 552. The quantitative estimate of drug-likeness (QED) is 0.894. The molecular weight excluding hydrogens is 234 g/mol. The zero-order valence-electron chi connectivity index (χ0n) is 11.5. The van der Waals surface area contributed by atoms with Crippen molar-refractivity contribution < 1.29 is 0 Å². The van der Waals surface area contributed by atoms with E-state index in [4.69, 9.17) is 0 Å². The average Bonchev–Trinajstić information content (AvgIpc) is 2.72. The second kappa shape index (κ2) is 5.57. The summed E-state index contributed by atoms with van der Waals surface area (Å²) in [6.07, 6.45) is 4.25. The minimum absolute atomic E-state index is 0.604. The maximum absolute atomic E-state index is 4.39. The molecule has 1 atom stereocenters. The summed E-state index contributed by atoms with van der Waals surface area (Å²) in [6.45, 7) is 5.62. The molecule has 1 N–H and O–H groups in total. The molecule has 0 saturated carbocycles. The number of hydrogen-bond donors (Lipinski definition) is 1. The van der Waals surface area contributed by atoms with Crippen molar-refractivity contribution in [2.75, 3.05) is 24.5 Å². The molecular formula is C16H21N3. The molecule has 0 bridgehead atoms. The molecule has 3 nitrogen and oxygen atoms in total. The molecule has 1 aromatic heterocycles. The number of hydrogen-bond acceptors (Lipinski definition) is 3. The normalized spacial score (nSPS) is 20.5. The second-order valence-corrected chi connectivity index (χ2v) is 5.24. The molecule has 0 aliphatic carbocycles. The van der Waals surface area contributed by atoms with E-state index >= 15 is 0 Å². The predicted octanol–water partition coefficient (Wildman–Crippen LogP) is 2.81. The van der Waals surface area contributed by atoms with Crippen molar-refractivity contribution in [2.45, 2.75) is 25.8 Å². The molecule has 0 spiro atoms. The zero-order valence-corrected chi connectivity index (χ0v) is 11.5. The zero-order chi connectivity index (χ0) is 13.1. The van der Waals surface area contributed by atoms with Gasteiger partial charge < -0.3 is 10.2 Å². The molecule has 1 aliphatic heterocycles. The topological polar surface area (TPSA) is 28.2 Å². The second-order valence-electron chi connectivity index (χ2n) is 5.24. The molecule has 1 unspecified atom stereocenters. The van der Waals surface area contributed by atoms with Crippen LogP contribution >= 0.6 is 0 Å². The molecule has 3 heteroatoms. The fraction of sp³-hybridized carbons (Fsp3) is 0.438. The van der Waals surface area contributed by atoms with Gasteiger partial charge in [0.2, 0.25) is 0 Å². The van der Waals surface area contributed by atoms with Crippen LogP contribution in [0.25, 0.3) is 10.9 Å². The Labute approximate surface area is 114 Å². The van der Waals surface area contributed by atoms with E-state index in [9.17, 15) is 0 Å². The lowest BCUT2D eigenvalue weighted by atomic mass is 10.1. The first-order valence-electron chi connectivity index (χ1n) is 7.20. The summed E-state index contributed by atoms with van der Waals surface area (Å²) < 4.78 is 0. The third-order valence-corrected chi connectivity index (χ3v) is 3.92. The first kappa shape index (κ1) is 12.4. The minimum atomic E-state index is 0.604. The van der Waals surface area contributed by atoms with E-state index in [1.54, 1.807) is 0 Å². The van der Waals surface area contributed by atoms with E-state index < -0.39 is 0 Å². The van der Waals surface area contributed by atoms with Crippen LogP contribution in [0.5, 0.6) is 0 Å². The number of nitrogens with one attached hydrogen (secondary N) is 1. The van der Waals surface area contributed by atoms with Crippen molar-refractivity contribution in [3.63, 3.8) is 0 Å². The number of fused-ring (bicyclic) bond motifs is 1. The van der Waals surface area contributed by atoms with Crippen LogP contribution in [-0.4, -0.2) is 30.7 Å². The van der Waals surface area contributed by atoms with E-state index in [2.05, 4.69) is 46.4 Å². The molecule has 0 radical (unpaired) electrons. The molecule has 1 aliphatic rings. The molecule has 1 aromatic carbocycles. The van der Waals surface area contributed by atoms with E-state index in [1.165, 1.54) is 23.9 Å². The van der Waals surface area contributed by atoms with E-state index in [0.717, 1.165) is 25.2 Å². The number of anilines is 1. The first-order chi connectivity index (χ1) is 9.36. The van der Waals surface area contributed by atoms with Crippen molar-refractivity contribution >= 4 is 16.6 Å². The molecule has 2 heterocycles. The molecule has 19 heavy (non-hydrogen) atoms. The number of nitrogens with zero attached hydrogens (tertiary/aromatic N) is 2. The Morgan fingerprint density at radius 1 is 1.37 bits per heavy atom. The Hall–Kier alpha value is -1.61. The Morgan fingerprint density at radius 3 is 3.21 bits per heavy atom. The first-order valence-corrected chi connectivity index (χ1v) is 7.20. The van der Waals surface area contributed by atoms with Gasteiger partial charge in [0.05, 0.1) is 5.52 Å². The maximum atomic E-state index is 4.39. The van der Waals surface area contributed by atoms with Gasteiger partial charge in [-0.25, -0.2) is 0 Å². The highest BCUT2D eigenvalue weighted by Crippen LogP contribution is 2.22. The van der Waals surface area contributed by atoms with Crippen molar-refractivity contribution in [3.05, 3.63) is 36.5 Å². The average molecular weight is 255 g/mol. The number of benzene rings is 1. The summed E-state index contributed by atoms with van der Waals surface area (Å²) in [5, 5.41) is 4.84. The molecule has 0 amide bonds.